The minimum absolute atomic E-state index is 0.0413. The van der Waals surface area contributed by atoms with Gasteiger partial charge >= 0.3 is 0 Å². The van der Waals surface area contributed by atoms with Crippen LogP contribution in [0.15, 0.2) is 54.6 Å². The van der Waals surface area contributed by atoms with Gasteiger partial charge in [-0.25, -0.2) is 0 Å². The first-order valence-corrected chi connectivity index (χ1v) is 9.17. The van der Waals surface area contributed by atoms with Gasteiger partial charge in [-0.05, 0) is 41.1 Å². The quantitative estimate of drug-likeness (QED) is 0.723. The van der Waals surface area contributed by atoms with Crippen LogP contribution in [-0.2, 0) is 16.1 Å². The number of thioether (sulfide) groups is 1. The number of imide groups is 1. The van der Waals surface area contributed by atoms with Gasteiger partial charge in [0.1, 0.15) is 0 Å². The summed E-state index contributed by atoms with van der Waals surface area (Å²) in [5, 5.41) is 9.58. The molecule has 2 N–H and O–H groups in total. The van der Waals surface area contributed by atoms with Crippen molar-refractivity contribution in [1.82, 2.24) is 4.90 Å². The monoisotopic (exact) mass is 398 g/mol. The number of benzene rings is 2. The number of carboxylic acid groups (broad SMARTS) is 1. The van der Waals surface area contributed by atoms with Crippen molar-refractivity contribution in [2.45, 2.75) is 11.9 Å². The Morgan fingerprint density at radius 2 is 1.82 bits per heavy atom. The molecule has 0 radical (unpaired) electrons. The summed E-state index contributed by atoms with van der Waals surface area (Å²) >= 11 is 0.783. The summed E-state index contributed by atoms with van der Waals surface area (Å²) in [4.78, 5) is 50.3. The Morgan fingerprint density at radius 1 is 1.11 bits per heavy atom. The Bertz CT molecular complexity index is 934. The van der Waals surface area contributed by atoms with Crippen LogP contribution in [0.3, 0.4) is 0 Å². The van der Waals surface area contributed by atoms with Gasteiger partial charge in [0.25, 0.3) is 11.1 Å². The second-order valence-electron chi connectivity index (χ2n) is 6.08. The van der Waals surface area contributed by atoms with E-state index in [-0.39, 0.29) is 18.7 Å². The molecule has 1 heterocycles. The largest absolute Gasteiger partial charge is 0.545 e. The lowest BCUT2D eigenvalue weighted by Gasteiger charge is -2.27. The molecule has 2 aromatic rings. The number of nitrogens with two attached hydrogens (primary N) is 1. The van der Waals surface area contributed by atoms with E-state index in [1.54, 1.807) is 36.4 Å². The van der Waals surface area contributed by atoms with Crippen LogP contribution >= 0.6 is 11.8 Å². The Balaban J connectivity index is 1.84. The predicted octanol–water partition coefficient (Wildman–Crippen LogP) is 0.563. The fraction of sp³-hybridized carbons (Fsp3) is 0.158. The van der Waals surface area contributed by atoms with Crippen molar-refractivity contribution in [3.63, 3.8) is 0 Å². The zero-order valence-corrected chi connectivity index (χ0v) is 15.4. The van der Waals surface area contributed by atoms with Gasteiger partial charge in [-0.3, -0.25) is 19.3 Å². The molecule has 9 heteroatoms. The number of amides is 3. The summed E-state index contributed by atoms with van der Waals surface area (Å²) < 4.78 is 0. The average Bonchev–Trinajstić information content (AvgIpc) is 2.95. The van der Waals surface area contributed by atoms with E-state index < -0.39 is 28.4 Å². The van der Waals surface area contributed by atoms with Crippen LogP contribution < -0.4 is 15.7 Å². The normalized spacial score (nSPS) is 16.3. The van der Waals surface area contributed by atoms with E-state index >= 15 is 0 Å². The molecule has 0 aromatic heterocycles. The first-order valence-electron chi connectivity index (χ1n) is 8.29. The first-order chi connectivity index (χ1) is 13.4. The van der Waals surface area contributed by atoms with E-state index in [0.29, 0.717) is 11.3 Å². The smallest absolute Gasteiger partial charge is 0.291 e. The molecule has 1 aliphatic heterocycles. The summed E-state index contributed by atoms with van der Waals surface area (Å²) in [6, 6.07) is 14.6. The molecule has 28 heavy (non-hydrogen) atoms. The van der Waals surface area contributed by atoms with Crippen molar-refractivity contribution in [1.29, 1.82) is 0 Å². The molecule has 1 atom stereocenters. The Hall–Kier alpha value is -3.33. The fourth-order valence-corrected chi connectivity index (χ4v) is 3.87. The van der Waals surface area contributed by atoms with Crippen molar-refractivity contribution in [3.8, 4) is 0 Å². The number of rotatable bonds is 7. The maximum Gasteiger partial charge on any atom is 0.291 e. The number of primary amides is 1. The van der Waals surface area contributed by atoms with Gasteiger partial charge in [0.05, 0.1) is 19.1 Å². The maximum absolute atomic E-state index is 12.9. The van der Waals surface area contributed by atoms with Crippen LogP contribution in [0, 0.1) is 0 Å². The van der Waals surface area contributed by atoms with Crippen molar-refractivity contribution < 1.29 is 24.3 Å². The lowest BCUT2D eigenvalue weighted by atomic mass is 10.1. The number of anilines is 1. The highest BCUT2D eigenvalue weighted by Crippen LogP contribution is 2.33. The minimum atomic E-state index is -1.34. The van der Waals surface area contributed by atoms with Crippen molar-refractivity contribution in [2.24, 2.45) is 5.73 Å². The fourth-order valence-electron chi connectivity index (χ4n) is 2.85. The number of hydrogen-bond donors (Lipinski definition) is 1. The lowest BCUT2D eigenvalue weighted by Crippen LogP contribution is -2.45. The van der Waals surface area contributed by atoms with Crippen LogP contribution in [-0.4, -0.2) is 39.8 Å². The Morgan fingerprint density at radius 3 is 2.46 bits per heavy atom. The van der Waals surface area contributed by atoms with Gasteiger partial charge in [0, 0.05) is 5.69 Å². The van der Waals surface area contributed by atoms with Gasteiger partial charge in [-0.2, -0.15) is 0 Å². The second-order valence-corrected chi connectivity index (χ2v) is 7.11. The van der Waals surface area contributed by atoms with Crippen LogP contribution in [0.4, 0.5) is 10.5 Å². The maximum atomic E-state index is 12.9. The molecule has 3 amide bonds. The topological polar surface area (TPSA) is 124 Å². The van der Waals surface area contributed by atoms with E-state index in [0.717, 1.165) is 16.7 Å². The molecule has 1 fully saturated rings. The molecule has 0 saturated carbocycles. The molecule has 1 aliphatic rings. The van der Waals surface area contributed by atoms with Crippen LogP contribution in [0.1, 0.15) is 15.9 Å². The molecular weight excluding hydrogens is 382 g/mol. The molecule has 3 rings (SSSR count). The number of carboxylic acids is 1. The molecule has 8 nitrogen and oxygen atoms in total. The van der Waals surface area contributed by atoms with E-state index in [9.17, 15) is 24.3 Å². The van der Waals surface area contributed by atoms with Gasteiger partial charge in [0.15, 0.2) is 5.37 Å². The summed E-state index contributed by atoms with van der Waals surface area (Å²) in [5.41, 5.74) is 6.34. The highest BCUT2D eigenvalue weighted by molar-refractivity contribution is 8.15. The van der Waals surface area contributed by atoms with Crippen LogP contribution in [0.25, 0.3) is 0 Å². The standard InChI is InChI=1S/C19H17N3O5S/c20-15(23)11-21(14-7-2-1-3-8-14)17-16(24)22(19(27)28-17)10-12-5-4-6-13(9-12)18(25)26/h1-9,17H,10-11H2,(H2,20,23)(H,25,26)/p-1/t17-/m1/s1. The van der Waals surface area contributed by atoms with Crippen LogP contribution in [0.2, 0.25) is 0 Å². The van der Waals surface area contributed by atoms with E-state index in [2.05, 4.69) is 0 Å². The van der Waals surface area contributed by atoms with E-state index in [4.69, 9.17) is 5.73 Å². The Kier molecular flexibility index (Phi) is 5.65. The van der Waals surface area contributed by atoms with Crippen molar-refractivity contribution in [2.75, 3.05) is 11.4 Å². The van der Waals surface area contributed by atoms with Gasteiger partial charge < -0.3 is 20.5 Å². The predicted molar refractivity (Wildman–Crippen MR) is 101 cm³/mol. The highest BCUT2D eigenvalue weighted by Gasteiger charge is 2.43. The third-order valence-electron chi connectivity index (χ3n) is 4.11. The number of nitrogens with zero attached hydrogens (tertiary/aromatic N) is 2. The number of carbonyl (C=O) groups is 4. The molecule has 0 unspecified atom stereocenters. The SMILES string of the molecule is NC(=O)CN(c1ccccc1)[C@@H]1SC(=O)N(Cc2cccc(C(=O)[O-])c2)C1=O. The summed E-state index contributed by atoms with van der Waals surface area (Å²) in [6.07, 6.45) is 0. The van der Waals surface area contributed by atoms with E-state index in [1.165, 1.54) is 23.1 Å². The van der Waals surface area contributed by atoms with Crippen LogP contribution in [0.5, 0.6) is 0 Å². The zero-order valence-electron chi connectivity index (χ0n) is 14.6. The molecule has 0 bridgehead atoms. The highest BCUT2D eigenvalue weighted by atomic mass is 32.2. The number of aromatic carboxylic acids is 1. The third kappa shape index (κ3) is 4.15. The molecule has 0 spiro atoms. The number of para-hydroxylation sites is 1. The Labute approximate surface area is 164 Å². The van der Waals surface area contributed by atoms with Gasteiger partial charge in [-0.1, -0.05) is 36.4 Å². The van der Waals surface area contributed by atoms with E-state index in [1.807, 2.05) is 0 Å². The molecule has 144 valence electrons. The number of hydrogen-bond acceptors (Lipinski definition) is 7. The second kappa shape index (κ2) is 8.13. The molecule has 2 aromatic carbocycles. The number of carbonyl (C=O) groups excluding carboxylic acids is 4. The van der Waals surface area contributed by atoms with Gasteiger partial charge in [0.2, 0.25) is 5.91 Å². The summed E-state index contributed by atoms with van der Waals surface area (Å²) in [5.74, 6) is -2.48. The summed E-state index contributed by atoms with van der Waals surface area (Å²) in [6.45, 7) is -0.309. The van der Waals surface area contributed by atoms with Crippen molar-refractivity contribution >= 4 is 40.5 Å². The third-order valence-corrected chi connectivity index (χ3v) is 5.21. The first kappa shape index (κ1) is 19.4. The summed E-state index contributed by atoms with van der Waals surface area (Å²) in [7, 11) is 0. The molecule has 1 saturated heterocycles. The molecular formula is C19H16N3O5S-. The zero-order chi connectivity index (χ0) is 20.3. The average molecular weight is 398 g/mol. The minimum Gasteiger partial charge on any atom is -0.545 e. The lowest BCUT2D eigenvalue weighted by molar-refractivity contribution is -0.255. The van der Waals surface area contributed by atoms with Crippen molar-refractivity contribution in [3.05, 3.63) is 65.7 Å². The van der Waals surface area contributed by atoms with Gasteiger partial charge in [-0.15, -0.1) is 0 Å². The molecule has 0 aliphatic carbocycles.